The topological polar surface area (TPSA) is 77.9 Å². The van der Waals surface area contributed by atoms with Crippen LogP contribution in [0.15, 0.2) is 18.2 Å². The van der Waals surface area contributed by atoms with Crippen molar-refractivity contribution in [2.24, 2.45) is 5.92 Å². The van der Waals surface area contributed by atoms with Crippen molar-refractivity contribution in [2.45, 2.75) is 19.8 Å². The first-order valence-corrected chi connectivity index (χ1v) is 7.40. The Labute approximate surface area is 128 Å². The quantitative estimate of drug-likeness (QED) is 0.888. The molecule has 1 saturated heterocycles. The molecule has 0 aromatic heterocycles. The SMILES string of the molecule is CC(=O)N1CCc2cc(C(=O)N3CC[C@@H](C(=O)O)C3)ccc21. The summed E-state index contributed by atoms with van der Waals surface area (Å²) in [7, 11) is 0. The number of benzene rings is 1. The molecule has 0 saturated carbocycles. The van der Waals surface area contributed by atoms with E-state index in [1.807, 2.05) is 12.1 Å². The average molecular weight is 302 g/mol. The van der Waals surface area contributed by atoms with Crippen LogP contribution in [0.25, 0.3) is 0 Å². The first-order chi connectivity index (χ1) is 10.5. The number of rotatable bonds is 2. The van der Waals surface area contributed by atoms with E-state index in [4.69, 9.17) is 5.11 Å². The normalized spacial score (nSPS) is 20.1. The summed E-state index contributed by atoms with van der Waals surface area (Å²) in [5.74, 6) is -1.44. The van der Waals surface area contributed by atoms with E-state index in [1.54, 1.807) is 15.9 Å². The summed E-state index contributed by atoms with van der Waals surface area (Å²) in [6, 6.07) is 5.35. The summed E-state index contributed by atoms with van der Waals surface area (Å²) < 4.78 is 0. The van der Waals surface area contributed by atoms with Crippen molar-refractivity contribution in [1.29, 1.82) is 0 Å². The van der Waals surface area contributed by atoms with Crippen molar-refractivity contribution in [3.63, 3.8) is 0 Å². The zero-order chi connectivity index (χ0) is 15.9. The molecule has 0 radical (unpaired) electrons. The van der Waals surface area contributed by atoms with E-state index in [0.717, 1.165) is 17.7 Å². The number of likely N-dealkylation sites (tertiary alicyclic amines) is 1. The highest BCUT2D eigenvalue weighted by atomic mass is 16.4. The molecule has 0 bridgehead atoms. The molecular weight excluding hydrogens is 284 g/mol. The van der Waals surface area contributed by atoms with Gasteiger partial charge in [-0.3, -0.25) is 14.4 Å². The van der Waals surface area contributed by atoms with Gasteiger partial charge in [-0.05, 0) is 36.6 Å². The molecule has 116 valence electrons. The Bertz CT molecular complexity index is 656. The van der Waals surface area contributed by atoms with Gasteiger partial charge < -0.3 is 14.9 Å². The van der Waals surface area contributed by atoms with Crippen LogP contribution in [0, 0.1) is 5.92 Å². The van der Waals surface area contributed by atoms with Gasteiger partial charge >= 0.3 is 5.97 Å². The van der Waals surface area contributed by atoms with E-state index in [0.29, 0.717) is 25.1 Å². The third-order valence-electron chi connectivity index (χ3n) is 4.43. The zero-order valence-corrected chi connectivity index (χ0v) is 12.4. The summed E-state index contributed by atoms with van der Waals surface area (Å²) in [4.78, 5) is 38.3. The number of hydrogen-bond donors (Lipinski definition) is 1. The summed E-state index contributed by atoms with van der Waals surface area (Å²) in [5, 5.41) is 9.02. The van der Waals surface area contributed by atoms with Crippen LogP contribution >= 0.6 is 0 Å². The van der Waals surface area contributed by atoms with Gasteiger partial charge in [-0.2, -0.15) is 0 Å². The molecule has 1 aromatic rings. The summed E-state index contributed by atoms with van der Waals surface area (Å²) in [6.45, 7) is 2.93. The lowest BCUT2D eigenvalue weighted by atomic mass is 10.1. The minimum absolute atomic E-state index is 0.00155. The Morgan fingerprint density at radius 2 is 2.00 bits per heavy atom. The number of amides is 2. The maximum absolute atomic E-state index is 12.5. The first-order valence-electron chi connectivity index (χ1n) is 7.40. The van der Waals surface area contributed by atoms with Gasteiger partial charge in [0.1, 0.15) is 0 Å². The van der Waals surface area contributed by atoms with E-state index < -0.39 is 11.9 Å². The van der Waals surface area contributed by atoms with Gasteiger partial charge in [-0.1, -0.05) is 0 Å². The highest BCUT2D eigenvalue weighted by Gasteiger charge is 2.32. The van der Waals surface area contributed by atoms with Gasteiger partial charge in [-0.25, -0.2) is 0 Å². The van der Waals surface area contributed by atoms with E-state index in [1.165, 1.54) is 6.92 Å². The second-order valence-electron chi connectivity index (χ2n) is 5.84. The molecule has 2 amide bonds. The van der Waals surface area contributed by atoms with Gasteiger partial charge in [0.05, 0.1) is 5.92 Å². The maximum Gasteiger partial charge on any atom is 0.308 e. The third-order valence-corrected chi connectivity index (χ3v) is 4.43. The predicted molar refractivity (Wildman–Crippen MR) is 79.8 cm³/mol. The van der Waals surface area contributed by atoms with Gasteiger partial charge in [0, 0.05) is 37.8 Å². The standard InChI is InChI=1S/C16H18N2O4/c1-10(19)18-7-5-11-8-12(2-3-14(11)18)15(20)17-6-4-13(9-17)16(21)22/h2-3,8,13H,4-7,9H2,1H3,(H,21,22)/t13-/m1/s1. The highest BCUT2D eigenvalue weighted by Crippen LogP contribution is 2.30. The molecule has 2 aliphatic heterocycles. The molecule has 2 aliphatic rings. The van der Waals surface area contributed by atoms with Crippen molar-refractivity contribution in [3.05, 3.63) is 29.3 Å². The molecule has 22 heavy (non-hydrogen) atoms. The number of nitrogens with zero attached hydrogens (tertiary/aromatic N) is 2. The number of anilines is 1. The molecule has 1 atom stereocenters. The number of aliphatic carboxylic acids is 1. The number of carboxylic acids is 1. The minimum Gasteiger partial charge on any atom is -0.481 e. The molecule has 6 heteroatoms. The number of carboxylic acid groups (broad SMARTS) is 1. The average Bonchev–Trinajstić information content (AvgIpc) is 3.12. The Morgan fingerprint density at radius 3 is 2.64 bits per heavy atom. The van der Waals surface area contributed by atoms with E-state index in [-0.39, 0.29) is 18.4 Å². The van der Waals surface area contributed by atoms with E-state index >= 15 is 0 Å². The molecule has 1 N–H and O–H groups in total. The lowest BCUT2D eigenvalue weighted by Crippen LogP contribution is -2.30. The van der Waals surface area contributed by atoms with Crippen molar-refractivity contribution in [3.8, 4) is 0 Å². The van der Waals surface area contributed by atoms with Crippen LogP contribution in [-0.2, 0) is 16.0 Å². The zero-order valence-electron chi connectivity index (χ0n) is 12.4. The van der Waals surface area contributed by atoms with Gasteiger partial charge in [-0.15, -0.1) is 0 Å². The Balaban J connectivity index is 1.78. The fourth-order valence-electron chi connectivity index (χ4n) is 3.19. The van der Waals surface area contributed by atoms with Crippen LogP contribution in [0.1, 0.15) is 29.3 Å². The van der Waals surface area contributed by atoms with Crippen LogP contribution in [-0.4, -0.2) is 47.4 Å². The molecule has 0 aliphatic carbocycles. The number of carbonyl (C=O) groups is 3. The molecular formula is C16H18N2O4. The third kappa shape index (κ3) is 2.45. The van der Waals surface area contributed by atoms with Crippen LogP contribution in [0.3, 0.4) is 0 Å². The van der Waals surface area contributed by atoms with Crippen LogP contribution in [0.5, 0.6) is 0 Å². The van der Waals surface area contributed by atoms with E-state index in [9.17, 15) is 14.4 Å². The molecule has 1 aromatic carbocycles. The largest absolute Gasteiger partial charge is 0.481 e. The second-order valence-corrected chi connectivity index (χ2v) is 5.84. The Hall–Kier alpha value is -2.37. The summed E-state index contributed by atoms with van der Waals surface area (Å²) >= 11 is 0. The van der Waals surface area contributed by atoms with Crippen molar-refractivity contribution in [2.75, 3.05) is 24.5 Å². The van der Waals surface area contributed by atoms with Crippen LogP contribution in [0.2, 0.25) is 0 Å². The summed E-state index contributed by atoms with van der Waals surface area (Å²) in [6.07, 6.45) is 1.25. The molecule has 1 fully saturated rings. The lowest BCUT2D eigenvalue weighted by Gasteiger charge is -2.17. The lowest BCUT2D eigenvalue weighted by molar-refractivity contribution is -0.141. The summed E-state index contributed by atoms with van der Waals surface area (Å²) in [5.41, 5.74) is 2.43. The Morgan fingerprint density at radius 1 is 1.23 bits per heavy atom. The van der Waals surface area contributed by atoms with E-state index in [2.05, 4.69) is 0 Å². The fourth-order valence-corrected chi connectivity index (χ4v) is 3.19. The molecule has 2 heterocycles. The predicted octanol–water partition coefficient (Wildman–Crippen LogP) is 1.14. The molecule has 6 nitrogen and oxygen atoms in total. The molecule has 0 spiro atoms. The number of hydrogen-bond acceptors (Lipinski definition) is 3. The van der Waals surface area contributed by atoms with Crippen molar-refractivity contribution >= 4 is 23.5 Å². The first kappa shape index (κ1) is 14.6. The molecule has 3 rings (SSSR count). The minimum atomic E-state index is -0.846. The highest BCUT2D eigenvalue weighted by molar-refractivity contribution is 5.98. The fraction of sp³-hybridized carbons (Fsp3) is 0.438. The second kappa shape index (κ2) is 5.44. The smallest absolute Gasteiger partial charge is 0.308 e. The van der Waals surface area contributed by atoms with Crippen molar-refractivity contribution < 1.29 is 19.5 Å². The number of fused-ring (bicyclic) bond motifs is 1. The van der Waals surface area contributed by atoms with Crippen LogP contribution in [0.4, 0.5) is 5.69 Å². The maximum atomic E-state index is 12.5. The van der Waals surface area contributed by atoms with Gasteiger partial charge in [0.25, 0.3) is 5.91 Å². The van der Waals surface area contributed by atoms with Crippen molar-refractivity contribution in [1.82, 2.24) is 4.90 Å². The molecule has 0 unspecified atom stereocenters. The number of carbonyl (C=O) groups excluding carboxylic acids is 2. The van der Waals surface area contributed by atoms with Crippen LogP contribution < -0.4 is 4.90 Å². The monoisotopic (exact) mass is 302 g/mol. The van der Waals surface area contributed by atoms with Gasteiger partial charge in [0.15, 0.2) is 0 Å². The van der Waals surface area contributed by atoms with Gasteiger partial charge in [0.2, 0.25) is 5.91 Å². The Kier molecular flexibility index (Phi) is 3.60.